The highest BCUT2D eigenvalue weighted by molar-refractivity contribution is 14.1. The Bertz CT molecular complexity index is 613. The van der Waals surface area contributed by atoms with Gasteiger partial charge in [-0.05, 0) is 53.5 Å². The molecule has 0 amide bonds. The Kier molecular flexibility index (Phi) is 6.25. The maximum Gasteiger partial charge on any atom is 0.171 e. The van der Waals surface area contributed by atoms with Gasteiger partial charge in [-0.3, -0.25) is 0 Å². The largest absolute Gasteiger partial charge is 0.369 e. The number of hydrogen-bond donors (Lipinski definition) is 1. The van der Waals surface area contributed by atoms with Crippen molar-refractivity contribution in [1.82, 2.24) is 9.97 Å². The highest BCUT2D eigenvalue weighted by Gasteiger charge is 2.15. The fourth-order valence-corrected chi connectivity index (χ4v) is 3.55. The van der Waals surface area contributed by atoms with Crippen molar-refractivity contribution in [2.75, 3.05) is 11.9 Å². The summed E-state index contributed by atoms with van der Waals surface area (Å²) >= 11 is 9.90. The van der Waals surface area contributed by atoms with Crippen LogP contribution in [0.4, 0.5) is 5.82 Å². The Labute approximate surface area is 148 Å². The standard InChI is InChI=1S/C15H19ClIN3S/c1-4-7-18-15-13(17)10(8-9(2)3)19-14(20-15)11-5-6-12(16)21-11/h5-6,9H,4,7-8H2,1-3H3,(H,18,19,20). The molecular formula is C15H19ClIN3S. The quantitative estimate of drug-likeness (QED) is 0.610. The molecule has 0 fully saturated rings. The molecule has 114 valence electrons. The Morgan fingerprint density at radius 2 is 2.10 bits per heavy atom. The van der Waals surface area contributed by atoms with E-state index < -0.39 is 0 Å². The Hall–Kier alpha value is -0.400. The van der Waals surface area contributed by atoms with Gasteiger partial charge in [0.15, 0.2) is 5.82 Å². The van der Waals surface area contributed by atoms with Gasteiger partial charge in [-0.15, -0.1) is 11.3 Å². The van der Waals surface area contributed by atoms with Crippen LogP contribution in [0, 0.1) is 9.49 Å². The van der Waals surface area contributed by atoms with E-state index in [1.54, 1.807) is 0 Å². The second kappa shape index (κ2) is 7.74. The third-order valence-corrected chi connectivity index (χ3v) is 5.22. The van der Waals surface area contributed by atoms with Crippen LogP contribution in [0.3, 0.4) is 0 Å². The minimum atomic E-state index is 0.562. The first-order valence-corrected chi connectivity index (χ1v) is 9.34. The summed E-state index contributed by atoms with van der Waals surface area (Å²) in [5.41, 5.74) is 1.11. The molecule has 21 heavy (non-hydrogen) atoms. The molecule has 2 aromatic rings. The molecule has 0 aliphatic carbocycles. The van der Waals surface area contributed by atoms with Crippen LogP contribution in [0.15, 0.2) is 12.1 Å². The molecule has 0 spiro atoms. The van der Waals surface area contributed by atoms with Gasteiger partial charge in [0, 0.05) is 6.54 Å². The summed E-state index contributed by atoms with van der Waals surface area (Å²) in [6, 6.07) is 3.88. The van der Waals surface area contributed by atoms with Gasteiger partial charge in [0.1, 0.15) is 5.82 Å². The fraction of sp³-hybridized carbons (Fsp3) is 0.467. The van der Waals surface area contributed by atoms with E-state index in [1.165, 1.54) is 11.3 Å². The first-order chi connectivity index (χ1) is 10.0. The molecule has 3 nitrogen and oxygen atoms in total. The first kappa shape index (κ1) is 17.0. The average molecular weight is 436 g/mol. The van der Waals surface area contributed by atoms with Crippen molar-refractivity contribution >= 4 is 51.3 Å². The molecule has 2 aromatic heterocycles. The van der Waals surface area contributed by atoms with E-state index in [9.17, 15) is 0 Å². The van der Waals surface area contributed by atoms with Gasteiger partial charge < -0.3 is 5.32 Å². The number of thiophene rings is 1. The number of nitrogens with one attached hydrogen (secondary N) is 1. The van der Waals surface area contributed by atoms with Gasteiger partial charge in [0.2, 0.25) is 0 Å². The normalized spacial score (nSPS) is 11.1. The van der Waals surface area contributed by atoms with Crippen LogP contribution in [-0.4, -0.2) is 16.5 Å². The summed E-state index contributed by atoms with van der Waals surface area (Å²) in [7, 11) is 0. The van der Waals surface area contributed by atoms with E-state index >= 15 is 0 Å². The number of nitrogens with zero attached hydrogens (tertiary/aromatic N) is 2. The average Bonchev–Trinajstić information content (AvgIpc) is 2.86. The van der Waals surface area contributed by atoms with Crippen LogP contribution >= 0.6 is 45.5 Å². The van der Waals surface area contributed by atoms with Crippen molar-refractivity contribution in [3.63, 3.8) is 0 Å². The second-order valence-corrected chi connectivity index (χ2v) is 8.08. The zero-order valence-electron chi connectivity index (χ0n) is 12.4. The van der Waals surface area contributed by atoms with Crippen LogP contribution in [0.25, 0.3) is 10.7 Å². The van der Waals surface area contributed by atoms with E-state index in [0.29, 0.717) is 5.92 Å². The Balaban J connectivity index is 2.44. The van der Waals surface area contributed by atoms with Crippen LogP contribution in [-0.2, 0) is 6.42 Å². The number of anilines is 1. The van der Waals surface area contributed by atoms with E-state index in [2.05, 4.69) is 53.7 Å². The van der Waals surface area contributed by atoms with Crippen molar-refractivity contribution in [2.45, 2.75) is 33.6 Å². The fourth-order valence-electron chi connectivity index (χ4n) is 1.92. The van der Waals surface area contributed by atoms with Gasteiger partial charge in [0.25, 0.3) is 0 Å². The first-order valence-electron chi connectivity index (χ1n) is 7.07. The van der Waals surface area contributed by atoms with E-state index in [4.69, 9.17) is 16.6 Å². The monoisotopic (exact) mass is 435 g/mol. The maximum atomic E-state index is 6.03. The van der Waals surface area contributed by atoms with Crippen LogP contribution in [0.2, 0.25) is 4.34 Å². The maximum absolute atomic E-state index is 6.03. The topological polar surface area (TPSA) is 37.8 Å². The van der Waals surface area contributed by atoms with Crippen molar-refractivity contribution < 1.29 is 0 Å². The molecule has 0 unspecified atom stereocenters. The summed E-state index contributed by atoms with van der Waals surface area (Å²) in [5, 5.41) is 3.41. The highest BCUT2D eigenvalue weighted by atomic mass is 127. The van der Waals surface area contributed by atoms with Crippen molar-refractivity contribution in [3.05, 3.63) is 25.7 Å². The SMILES string of the molecule is CCCNc1nc(-c2ccc(Cl)s2)nc(CC(C)C)c1I. The molecule has 0 radical (unpaired) electrons. The molecule has 2 heterocycles. The zero-order valence-corrected chi connectivity index (χ0v) is 16.1. The molecule has 0 bridgehead atoms. The van der Waals surface area contributed by atoms with Crippen molar-refractivity contribution in [1.29, 1.82) is 0 Å². The van der Waals surface area contributed by atoms with Gasteiger partial charge in [-0.2, -0.15) is 0 Å². The molecule has 0 aliphatic rings. The van der Waals surface area contributed by atoms with E-state index in [-0.39, 0.29) is 0 Å². The smallest absolute Gasteiger partial charge is 0.171 e. The predicted octanol–water partition coefficient (Wildman–Crippen LogP) is 5.48. The lowest BCUT2D eigenvalue weighted by Crippen LogP contribution is -2.10. The van der Waals surface area contributed by atoms with Crippen LogP contribution < -0.4 is 5.32 Å². The van der Waals surface area contributed by atoms with Gasteiger partial charge >= 0.3 is 0 Å². The molecular weight excluding hydrogens is 417 g/mol. The molecule has 2 rings (SSSR count). The summed E-state index contributed by atoms with van der Waals surface area (Å²) in [6.07, 6.45) is 2.02. The van der Waals surface area contributed by atoms with E-state index in [0.717, 1.165) is 49.5 Å². The molecule has 0 aromatic carbocycles. The van der Waals surface area contributed by atoms with Gasteiger partial charge in [-0.25, -0.2) is 9.97 Å². The lowest BCUT2D eigenvalue weighted by atomic mass is 10.1. The summed E-state index contributed by atoms with van der Waals surface area (Å²) in [6.45, 7) is 7.48. The lowest BCUT2D eigenvalue weighted by Gasteiger charge is -2.13. The number of rotatable bonds is 6. The van der Waals surface area contributed by atoms with Crippen molar-refractivity contribution in [2.24, 2.45) is 5.92 Å². The number of aromatic nitrogens is 2. The molecule has 0 saturated carbocycles. The Morgan fingerprint density at radius 1 is 1.33 bits per heavy atom. The zero-order chi connectivity index (χ0) is 15.4. The van der Waals surface area contributed by atoms with E-state index in [1.807, 2.05) is 12.1 Å². The summed E-state index contributed by atoms with van der Waals surface area (Å²) < 4.78 is 1.89. The predicted molar refractivity (Wildman–Crippen MR) is 100 cm³/mol. The summed E-state index contributed by atoms with van der Waals surface area (Å²) in [4.78, 5) is 10.5. The Morgan fingerprint density at radius 3 is 2.67 bits per heavy atom. The highest BCUT2D eigenvalue weighted by Crippen LogP contribution is 2.31. The van der Waals surface area contributed by atoms with Crippen molar-refractivity contribution in [3.8, 4) is 10.7 Å². The molecule has 1 N–H and O–H groups in total. The number of hydrogen-bond acceptors (Lipinski definition) is 4. The number of halogens is 2. The third-order valence-electron chi connectivity index (χ3n) is 2.86. The summed E-state index contributed by atoms with van der Waals surface area (Å²) in [5.74, 6) is 2.26. The third kappa shape index (κ3) is 4.53. The molecule has 0 atom stereocenters. The molecule has 6 heteroatoms. The minimum Gasteiger partial charge on any atom is -0.369 e. The van der Waals surface area contributed by atoms with Gasteiger partial charge in [-0.1, -0.05) is 32.4 Å². The second-order valence-electron chi connectivity index (χ2n) is 5.29. The molecule has 0 saturated heterocycles. The van der Waals surface area contributed by atoms with Crippen LogP contribution in [0.1, 0.15) is 32.9 Å². The van der Waals surface area contributed by atoms with Crippen LogP contribution in [0.5, 0.6) is 0 Å². The lowest BCUT2D eigenvalue weighted by molar-refractivity contribution is 0.632. The molecule has 0 aliphatic heterocycles. The minimum absolute atomic E-state index is 0.562. The van der Waals surface area contributed by atoms with Gasteiger partial charge in [0.05, 0.1) is 18.5 Å².